The first kappa shape index (κ1) is 9.99. The van der Waals surface area contributed by atoms with Gasteiger partial charge in [0.2, 0.25) is 0 Å². The van der Waals surface area contributed by atoms with Crippen LogP contribution < -0.4 is 0 Å². The number of nitriles is 1. The number of carboxylic acid groups (broad SMARTS) is 1. The molecule has 72 valence electrons. The zero-order valence-electron chi connectivity index (χ0n) is 7.85. The summed E-state index contributed by atoms with van der Waals surface area (Å²) in [6.45, 7) is 1.80. The normalized spacial score (nSPS) is 11.1. The van der Waals surface area contributed by atoms with Crippen LogP contribution in [0.3, 0.4) is 0 Å². The van der Waals surface area contributed by atoms with Crippen LogP contribution in [-0.2, 0) is 11.8 Å². The van der Waals surface area contributed by atoms with Crippen LogP contribution in [0.15, 0.2) is 11.8 Å². The highest BCUT2D eigenvalue weighted by molar-refractivity contribution is 5.96. The second kappa shape index (κ2) is 3.75. The molecule has 1 rings (SSSR count). The Hall–Kier alpha value is -2.09. The maximum absolute atomic E-state index is 10.5. The van der Waals surface area contributed by atoms with Crippen molar-refractivity contribution in [1.29, 1.82) is 5.26 Å². The smallest absolute Gasteiger partial charge is 0.346 e. The van der Waals surface area contributed by atoms with Gasteiger partial charge in [0.05, 0.1) is 6.20 Å². The number of carboxylic acids is 1. The molecular weight excluding hydrogens is 182 g/mol. The summed E-state index contributed by atoms with van der Waals surface area (Å²) in [6.07, 6.45) is 2.83. The summed E-state index contributed by atoms with van der Waals surface area (Å²) in [6, 6.07) is 1.61. The molecular formula is C9H9N3O2. The molecule has 0 bridgehead atoms. The first-order valence-electron chi connectivity index (χ1n) is 3.90. The Morgan fingerprint density at radius 2 is 2.43 bits per heavy atom. The van der Waals surface area contributed by atoms with E-state index in [0.29, 0.717) is 5.56 Å². The van der Waals surface area contributed by atoms with E-state index in [1.807, 2.05) is 0 Å². The van der Waals surface area contributed by atoms with Crippen molar-refractivity contribution in [2.24, 2.45) is 7.05 Å². The van der Waals surface area contributed by atoms with Gasteiger partial charge in [0.15, 0.2) is 0 Å². The van der Waals surface area contributed by atoms with Gasteiger partial charge < -0.3 is 5.11 Å². The zero-order chi connectivity index (χ0) is 10.7. The summed E-state index contributed by atoms with van der Waals surface area (Å²) in [5.41, 5.74) is 1.17. The number of aryl methyl sites for hydroxylation is 1. The van der Waals surface area contributed by atoms with Gasteiger partial charge in [-0.15, -0.1) is 0 Å². The van der Waals surface area contributed by atoms with E-state index < -0.39 is 5.97 Å². The fourth-order valence-electron chi connectivity index (χ4n) is 0.955. The predicted octanol–water partition coefficient (Wildman–Crippen LogP) is 0.720. The molecule has 0 aliphatic rings. The predicted molar refractivity (Wildman–Crippen MR) is 49.2 cm³/mol. The first-order valence-corrected chi connectivity index (χ1v) is 3.90. The third-order valence-corrected chi connectivity index (χ3v) is 1.92. The van der Waals surface area contributed by atoms with Crippen molar-refractivity contribution in [2.75, 3.05) is 0 Å². The Balaban J connectivity index is 3.15. The van der Waals surface area contributed by atoms with Crippen molar-refractivity contribution in [3.8, 4) is 6.07 Å². The summed E-state index contributed by atoms with van der Waals surface area (Å²) in [5.74, 6) is -1.23. The lowest BCUT2D eigenvalue weighted by atomic mass is 10.2. The van der Waals surface area contributed by atoms with Crippen molar-refractivity contribution in [1.82, 2.24) is 9.78 Å². The van der Waals surface area contributed by atoms with E-state index in [1.165, 1.54) is 12.3 Å². The van der Waals surface area contributed by atoms with Crippen LogP contribution in [0.1, 0.15) is 11.3 Å². The lowest BCUT2D eigenvalue weighted by molar-refractivity contribution is -0.132. The summed E-state index contributed by atoms with van der Waals surface area (Å²) in [4.78, 5) is 10.5. The number of aliphatic carboxylic acids is 1. The fourth-order valence-corrected chi connectivity index (χ4v) is 0.955. The molecule has 0 aromatic carbocycles. The molecule has 5 nitrogen and oxygen atoms in total. The molecule has 0 unspecified atom stereocenters. The van der Waals surface area contributed by atoms with E-state index in [9.17, 15) is 4.79 Å². The van der Waals surface area contributed by atoms with Gasteiger partial charge in [-0.2, -0.15) is 10.4 Å². The molecule has 0 amide bonds. The molecule has 14 heavy (non-hydrogen) atoms. The molecule has 0 saturated heterocycles. The fraction of sp³-hybridized carbons (Fsp3) is 0.222. The molecule has 0 aliphatic heterocycles. The van der Waals surface area contributed by atoms with Crippen LogP contribution in [-0.4, -0.2) is 20.9 Å². The molecule has 0 spiro atoms. The largest absolute Gasteiger partial charge is 0.477 e. The molecule has 0 fully saturated rings. The molecule has 0 saturated carbocycles. The van der Waals surface area contributed by atoms with Gasteiger partial charge in [-0.3, -0.25) is 4.68 Å². The van der Waals surface area contributed by atoms with E-state index in [1.54, 1.807) is 24.7 Å². The van der Waals surface area contributed by atoms with E-state index in [-0.39, 0.29) is 5.57 Å². The molecule has 0 aliphatic carbocycles. The maximum Gasteiger partial charge on any atom is 0.346 e. The number of carbonyl (C=O) groups is 1. The van der Waals surface area contributed by atoms with E-state index in [4.69, 9.17) is 10.4 Å². The quantitative estimate of drug-likeness (QED) is 0.551. The molecule has 1 heterocycles. The van der Waals surface area contributed by atoms with Crippen LogP contribution in [0.4, 0.5) is 0 Å². The number of nitrogens with zero attached hydrogens (tertiary/aromatic N) is 3. The summed E-state index contributed by atoms with van der Waals surface area (Å²) < 4.78 is 1.61. The summed E-state index contributed by atoms with van der Waals surface area (Å²) in [7, 11) is 1.75. The second-order valence-corrected chi connectivity index (χ2v) is 2.78. The highest BCUT2D eigenvalue weighted by Crippen LogP contribution is 2.10. The van der Waals surface area contributed by atoms with E-state index in [2.05, 4.69) is 5.10 Å². The minimum absolute atomic E-state index is 0.291. The van der Waals surface area contributed by atoms with Crippen LogP contribution in [0, 0.1) is 18.3 Å². The van der Waals surface area contributed by atoms with Gasteiger partial charge in [0, 0.05) is 18.3 Å². The highest BCUT2D eigenvalue weighted by atomic mass is 16.4. The topological polar surface area (TPSA) is 78.9 Å². The highest BCUT2D eigenvalue weighted by Gasteiger charge is 2.08. The van der Waals surface area contributed by atoms with Gasteiger partial charge in [-0.05, 0) is 13.0 Å². The Bertz CT molecular complexity index is 437. The second-order valence-electron chi connectivity index (χ2n) is 2.78. The van der Waals surface area contributed by atoms with Gasteiger partial charge in [0.1, 0.15) is 11.6 Å². The number of aromatic nitrogens is 2. The van der Waals surface area contributed by atoms with Crippen molar-refractivity contribution in [2.45, 2.75) is 6.92 Å². The number of hydrogen-bond acceptors (Lipinski definition) is 3. The van der Waals surface area contributed by atoms with Gasteiger partial charge in [-0.1, -0.05) is 0 Å². The van der Waals surface area contributed by atoms with Crippen molar-refractivity contribution < 1.29 is 9.90 Å². The number of rotatable bonds is 2. The van der Waals surface area contributed by atoms with E-state index in [0.717, 1.165) is 5.69 Å². The minimum atomic E-state index is -1.23. The van der Waals surface area contributed by atoms with Crippen LogP contribution in [0.5, 0.6) is 0 Å². The van der Waals surface area contributed by atoms with Crippen molar-refractivity contribution in [3.63, 3.8) is 0 Å². The third kappa shape index (κ3) is 1.80. The Kier molecular flexibility index (Phi) is 2.67. The average Bonchev–Trinajstić information content (AvgIpc) is 2.44. The Morgan fingerprint density at radius 1 is 1.79 bits per heavy atom. The molecule has 0 atom stereocenters. The Morgan fingerprint density at radius 3 is 2.79 bits per heavy atom. The molecule has 1 aromatic rings. The average molecular weight is 191 g/mol. The van der Waals surface area contributed by atoms with E-state index >= 15 is 0 Å². The number of hydrogen-bond donors (Lipinski definition) is 1. The monoisotopic (exact) mass is 191 g/mol. The zero-order valence-corrected chi connectivity index (χ0v) is 7.85. The van der Waals surface area contributed by atoms with Crippen molar-refractivity contribution in [3.05, 3.63) is 23.0 Å². The van der Waals surface area contributed by atoms with Crippen LogP contribution in [0.25, 0.3) is 6.08 Å². The maximum atomic E-state index is 10.5. The summed E-state index contributed by atoms with van der Waals surface area (Å²) in [5, 5.41) is 21.1. The van der Waals surface area contributed by atoms with Gasteiger partial charge >= 0.3 is 5.97 Å². The summed E-state index contributed by atoms with van der Waals surface area (Å²) >= 11 is 0. The molecule has 1 N–H and O–H groups in total. The first-order chi connectivity index (χ1) is 6.56. The lowest BCUT2D eigenvalue weighted by Gasteiger charge is -1.94. The van der Waals surface area contributed by atoms with Gasteiger partial charge in [0.25, 0.3) is 0 Å². The van der Waals surface area contributed by atoms with Crippen molar-refractivity contribution >= 4 is 12.0 Å². The lowest BCUT2D eigenvalue weighted by Crippen LogP contribution is -1.98. The van der Waals surface area contributed by atoms with Crippen LogP contribution in [0.2, 0.25) is 0 Å². The molecule has 0 radical (unpaired) electrons. The third-order valence-electron chi connectivity index (χ3n) is 1.92. The van der Waals surface area contributed by atoms with Gasteiger partial charge in [-0.25, -0.2) is 4.79 Å². The SMILES string of the molecule is Cc1c(C=C(C#N)C(=O)O)cnn1C. The molecule has 5 heteroatoms. The standard InChI is InChI=1S/C9H9N3O2/c1-6-8(5-11-12(6)2)3-7(4-10)9(13)14/h3,5H,1-2H3,(H,13,14). The molecule has 1 aromatic heterocycles. The Labute approximate surface area is 80.9 Å². The van der Waals surface area contributed by atoms with Crippen LogP contribution >= 0.6 is 0 Å². The minimum Gasteiger partial charge on any atom is -0.477 e.